The first kappa shape index (κ1) is 19.7. The summed E-state index contributed by atoms with van der Waals surface area (Å²) in [6.45, 7) is 7.03. The highest BCUT2D eigenvalue weighted by atomic mass is 16.4. The molecule has 1 N–H and O–H groups in total. The van der Waals surface area contributed by atoms with Crippen LogP contribution in [0.4, 0.5) is 6.01 Å². The van der Waals surface area contributed by atoms with E-state index in [1.165, 1.54) is 5.56 Å². The van der Waals surface area contributed by atoms with Crippen molar-refractivity contribution in [1.82, 2.24) is 34.8 Å². The standard InChI is InChI=1S/C24H24N8O/c1-14(2)16-7-5-10-32-20(16)12-19(30-32)22-21-17(25-13-26-21)9-11-31(22)24-29-28-23(33-24)18-8-4-6-15(3)27-18/h4-8,10,12-14,22H,9,11H2,1-3H3,(H,25,26)/t22-/m0/s1. The average molecular weight is 441 g/mol. The summed E-state index contributed by atoms with van der Waals surface area (Å²) in [5, 5.41) is 13.6. The number of anilines is 1. The van der Waals surface area contributed by atoms with Gasteiger partial charge in [-0.1, -0.05) is 31.1 Å². The van der Waals surface area contributed by atoms with Crippen LogP contribution in [0.2, 0.25) is 0 Å². The number of hydrogen-bond donors (Lipinski definition) is 1. The Morgan fingerprint density at radius 1 is 1.15 bits per heavy atom. The molecule has 1 aliphatic rings. The third-order valence-corrected chi connectivity index (χ3v) is 6.15. The van der Waals surface area contributed by atoms with Crippen LogP contribution in [-0.2, 0) is 6.42 Å². The maximum atomic E-state index is 6.11. The highest BCUT2D eigenvalue weighted by molar-refractivity contribution is 5.59. The van der Waals surface area contributed by atoms with Gasteiger partial charge in [0.2, 0.25) is 0 Å². The Morgan fingerprint density at radius 3 is 2.91 bits per heavy atom. The first-order valence-electron chi connectivity index (χ1n) is 11.1. The number of rotatable bonds is 4. The summed E-state index contributed by atoms with van der Waals surface area (Å²) in [4.78, 5) is 14.5. The van der Waals surface area contributed by atoms with E-state index in [2.05, 4.69) is 56.0 Å². The number of aromatic amines is 1. The molecule has 6 rings (SSSR count). The van der Waals surface area contributed by atoms with Crippen molar-refractivity contribution in [2.24, 2.45) is 0 Å². The van der Waals surface area contributed by atoms with E-state index in [1.54, 1.807) is 6.33 Å². The molecule has 0 saturated heterocycles. The van der Waals surface area contributed by atoms with Crippen molar-refractivity contribution in [2.45, 2.75) is 39.2 Å². The average Bonchev–Trinajstić information content (AvgIpc) is 3.56. The number of pyridine rings is 2. The van der Waals surface area contributed by atoms with Crippen molar-refractivity contribution in [3.05, 3.63) is 77.3 Å². The van der Waals surface area contributed by atoms with Crippen LogP contribution in [0.3, 0.4) is 0 Å². The van der Waals surface area contributed by atoms with E-state index < -0.39 is 0 Å². The fourth-order valence-electron chi connectivity index (χ4n) is 4.56. The van der Waals surface area contributed by atoms with E-state index in [0.29, 0.717) is 30.1 Å². The molecular weight excluding hydrogens is 416 g/mol. The lowest BCUT2D eigenvalue weighted by Crippen LogP contribution is -2.36. The van der Waals surface area contributed by atoms with Crippen LogP contribution >= 0.6 is 0 Å². The Kier molecular flexibility index (Phi) is 4.49. The molecule has 0 radical (unpaired) electrons. The molecule has 0 fully saturated rings. The molecule has 166 valence electrons. The van der Waals surface area contributed by atoms with Crippen LogP contribution in [0.5, 0.6) is 0 Å². The molecule has 0 aromatic carbocycles. The van der Waals surface area contributed by atoms with Crippen LogP contribution in [0, 0.1) is 6.92 Å². The van der Waals surface area contributed by atoms with Gasteiger partial charge in [0, 0.05) is 30.6 Å². The summed E-state index contributed by atoms with van der Waals surface area (Å²) in [5.74, 6) is 0.791. The zero-order valence-electron chi connectivity index (χ0n) is 18.7. The van der Waals surface area contributed by atoms with Gasteiger partial charge < -0.3 is 14.3 Å². The third kappa shape index (κ3) is 3.27. The van der Waals surface area contributed by atoms with Crippen LogP contribution < -0.4 is 4.90 Å². The van der Waals surface area contributed by atoms with Crippen LogP contribution in [0.1, 0.15) is 54.1 Å². The van der Waals surface area contributed by atoms with Gasteiger partial charge in [-0.15, -0.1) is 5.10 Å². The quantitative estimate of drug-likeness (QED) is 0.449. The fourth-order valence-corrected chi connectivity index (χ4v) is 4.56. The minimum Gasteiger partial charge on any atom is -0.402 e. The predicted molar refractivity (Wildman–Crippen MR) is 123 cm³/mol. The first-order chi connectivity index (χ1) is 16.1. The molecule has 0 unspecified atom stereocenters. The van der Waals surface area contributed by atoms with Crippen LogP contribution in [0.25, 0.3) is 17.1 Å². The summed E-state index contributed by atoms with van der Waals surface area (Å²) >= 11 is 0. The van der Waals surface area contributed by atoms with Gasteiger partial charge in [-0.2, -0.15) is 5.10 Å². The van der Waals surface area contributed by atoms with Crippen molar-refractivity contribution < 1.29 is 4.42 Å². The normalized spacial score (nSPS) is 16.0. The molecule has 0 amide bonds. The highest BCUT2D eigenvalue weighted by Gasteiger charge is 2.36. The lowest BCUT2D eigenvalue weighted by Gasteiger charge is -2.32. The second kappa shape index (κ2) is 7.54. The van der Waals surface area contributed by atoms with Crippen molar-refractivity contribution in [3.8, 4) is 11.6 Å². The number of nitrogens with one attached hydrogen (secondary N) is 1. The number of nitrogens with zero attached hydrogens (tertiary/aromatic N) is 7. The van der Waals surface area contributed by atoms with Gasteiger partial charge >= 0.3 is 6.01 Å². The minimum atomic E-state index is -0.237. The molecule has 5 aromatic heterocycles. The molecular formula is C24H24N8O. The van der Waals surface area contributed by atoms with E-state index in [-0.39, 0.29) is 6.04 Å². The zero-order chi connectivity index (χ0) is 22.5. The molecule has 6 heterocycles. The number of H-pyrrole nitrogens is 1. The number of imidazole rings is 1. The molecule has 0 spiro atoms. The summed E-state index contributed by atoms with van der Waals surface area (Å²) < 4.78 is 8.06. The summed E-state index contributed by atoms with van der Waals surface area (Å²) in [5.41, 5.74) is 6.85. The van der Waals surface area contributed by atoms with Gasteiger partial charge in [0.15, 0.2) is 0 Å². The Bertz CT molecular complexity index is 1450. The van der Waals surface area contributed by atoms with Gasteiger partial charge in [-0.05, 0) is 42.7 Å². The van der Waals surface area contributed by atoms with Crippen molar-refractivity contribution in [1.29, 1.82) is 0 Å². The highest BCUT2D eigenvalue weighted by Crippen LogP contribution is 2.37. The number of hydrogen-bond acceptors (Lipinski definition) is 7. The maximum Gasteiger partial charge on any atom is 0.319 e. The van der Waals surface area contributed by atoms with Gasteiger partial charge in [0.25, 0.3) is 5.89 Å². The van der Waals surface area contributed by atoms with Gasteiger partial charge in [0.05, 0.1) is 23.2 Å². The lowest BCUT2D eigenvalue weighted by atomic mass is 9.99. The number of aromatic nitrogens is 7. The predicted octanol–water partition coefficient (Wildman–Crippen LogP) is 4.09. The van der Waals surface area contributed by atoms with Gasteiger partial charge in [0.1, 0.15) is 11.7 Å². The van der Waals surface area contributed by atoms with E-state index in [1.807, 2.05) is 41.9 Å². The van der Waals surface area contributed by atoms with Crippen molar-refractivity contribution in [2.75, 3.05) is 11.4 Å². The number of fused-ring (bicyclic) bond motifs is 2. The number of aryl methyl sites for hydroxylation is 1. The molecule has 0 bridgehead atoms. The second-order valence-corrected chi connectivity index (χ2v) is 8.68. The smallest absolute Gasteiger partial charge is 0.319 e. The zero-order valence-corrected chi connectivity index (χ0v) is 18.7. The SMILES string of the molecule is Cc1cccc(-c2nnc(N3CCc4[nH]cnc4[C@@H]3c3cc4c(C(C)C)cccn4n3)o2)n1. The molecule has 9 heteroatoms. The summed E-state index contributed by atoms with van der Waals surface area (Å²) in [6, 6.07) is 12.3. The fraction of sp³-hybridized carbons (Fsp3) is 0.292. The Balaban J connectivity index is 1.45. The maximum absolute atomic E-state index is 6.11. The van der Waals surface area contributed by atoms with E-state index in [9.17, 15) is 0 Å². The van der Waals surface area contributed by atoms with Crippen LogP contribution in [0.15, 0.2) is 53.3 Å². The summed E-state index contributed by atoms with van der Waals surface area (Å²) in [7, 11) is 0. The van der Waals surface area contributed by atoms with E-state index in [0.717, 1.165) is 34.7 Å². The van der Waals surface area contributed by atoms with Crippen molar-refractivity contribution >= 4 is 11.5 Å². The molecule has 33 heavy (non-hydrogen) atoms. The molecule has 9 nitrogen and oxygen atoms in total. The Labute approximate surface area is 190 Å². The molecule has 0 aliphatic carbocycles. The van der Waals surface area contributed by atoms with Gasteiger partial charge in [-0.3, -0.25) is 0 Å². The monoisotopic (exact) mass is 440 g/mol. The molecule has 0 saturated carbocycles. The minimum absolute atomic E-state index is 0.237. The summed E-state index contributed by atoms with van der Waals surface area (Å²) in [6.07, 6.45) is 4.53. The van der Waals surface area contributed by atoms with Crippen molar-refractivity contribution in [3.63, 3.8) is 0 Å². The third-order valence-electron chi connectivity index (χ3n) is 6.15. The molecule has 1 atom stereocenters. The van der Waals surface area contributed by atoms with E-state index in [4.69, 9.17) is 9.52 Å². The lowest BCUT2D eigenvalue weighted by molar-refractivity contribution is 0.502. The van der Waals surface area contributed by atoms with Gasteiger partial charge in [-0.25, -0.2) is 14.5 Å². The topological polar surface area (TPSA) is 101 Å². The molecule has 1 aliphatic heterocycles. The second-order valence-electron chi connectivity index (χ2n) is 8.68. The van der Waals surface area contributed by atoms with E-state index >= 15 is 0 Å². The van der Waals surface area contributed by atoms with Crippen LogP contribution in [-0.4, -0.2) is 41.3 Å². The largest absolute Gasteiger partial charge is 0.402 e. The molecule has 5 aromatic rings. The Morgan fingerprint density at radius 2 is 2.06 bits per heavy atom. The first-order valence-corrected chi connectivity index (χ1v) is 11.1. The Hall–Kier alpha value is -4.01.